The summed E-state index contributed by atoms with van der Waals surface area (Å²) in [5.41, 5.74) is 0.540. The number of nitrogens with zero attached hydrogens (tertiary/aromatic N) is 3. The number of rotatable bonds is 7. The van der Waals surface area contributed by atoms with Crippen LogP contribution in [0.4, 0.5) is 5.82 Å². The average Bonchev–Trinajstić information content (AvgIpc) is 2.61. The van der Waals surface area contributed by atoms with Gasteiger partial charge in [0.15, 0.2) is 11.4 Å². The summed E-state index contributed by atoms with van der Waals surface area (Å²) in [4.78, 5) is 36.9. The van der Waals surface area contributed by atoms with Gasteiger partial charge in [-0.25, -0.2) is 19.6 Å². The molecule has 0 fully saturated rings. The van der Waals surface area contributed by atoms with Crippen molar-refractivity contribution in [1.29, 1.82) is 0 Å². The van der Waals surface area contributed by atoms with Gasteiger partial charge in [0.05, 0.1) is 12.2 Å². The van der Waals surface area contributed by atoms with Crippen molar-refractivity contribution >= 4 is 17.8 Å². The van der Waals surface area contributed by atoms with Crippen LogP contribution in [0.5, 0.6) is 0 Å². The van der Waals surface area contributed by atoms with E-state index >= 15 is 0 Å². The molecule has 0 saturated carbocycles. The van der Waals surface area contributed by atoms with Crippen LogP contribution in [0, 0.1) is 0 Å². The normalized spacial score (nSPS) is 10.4. The molecule has 2 rings (SSSR count). The summed E-state index contributed by atoms with van der Waals surface area (Å²) in [5.74, 6) is -0.658. The van der Waals surface area contributed by atoms with Crippen molar-refractivity contribution in [1.82, 2.24) is 15.0 Å². The lowest BCUT2D eigenvalue weighted by Crippen LogP contribution is -2.24. The Morgan fingerprint density at radius 2 is 1.56 bits per heavy atom. The number of hydrogen-bond donors (Lipinski definition) is 1. The molecular weight excluding hydrogens is 348 g/mol. The van der Waals surface area contributed by atoms with Crippen LogP contribution in [0.3, 0.4) is 0 Å². The van der Waals surface area contributed by atoms with Crippen molar-refractivity contribution < 1.29 is 19.1 Å². The Morgan fingerprint density at radius 1 is 0.963 bits per heavy atom. The van der Waals surface area contributed by atoms with Crippen LogP contribution in [0.2, 0.25) is 0 Å². The summed E-state index contributed by atoms with van der Waals surface area (Å²) in [7, 11) is 0. The molecule has 0 bridgehead atoms. The zero-order valence-electron chi connectivity index (χ0n) is 15.7. The minimum atomic E-state index is -0.772. The first-order valence-electron chi connectivity index (χ1n) is 8.49. The molecule has 0 unspecified atom stereocenters. The minimum Gasteiger partial charge on any atom is -0.459 e. The van der Waals surface area contributed by atoms with Crippen molar-refractivity contribution in [3.63, 3.8) is 0 Å². The zero-order chi connectivity index (χ0) is 19.8. The third-order valence-corrected chi connectivity index (χ3v) is 3.08. The molecule has 8 nitrogen and oxygen atoms in total. The fourth-order valence-corrected chi connectivity index (χ4v) is 1.98. The largest absolute Gasteiger partial charge is 0.459 e. The molecule has 0 spiro atoms. The highest BCUT2D eigenvalue weighted by molar-refractivity contribution is 6.14. The molecule has 8 heteroatoms. The second-order valence-electron chi connectivity index (χ2n) is 6.11. The van der Waals surface area contributed by atoms with Crippen molar-refractivity contribution in [3.8, 4) is 11.4 Å². The Bertz CT molecular complexity index is 795. The maximum absolute atomic E-state index is 12.2. The third kappa shape index (κ3) is 6.18. The quantitative estimate of drug-likeness (QED) is 0.343. The predicted octanol–water partition coefficient (Wildman–Crippen LogP) is 2.74. The lowest BCUT2D eigenvalue weighted by atomic mass is 10.2. The molecule has 1 N–H and O–H groups in total. The summed E-state index contributed by atoms with van der Waals surface area (Å²) >= 11 is 0. The Hall–Kier alpha value is -3.29. The van der Waals surface area contributed by atoms with Gasteiger partial charge in [-0.05, 0) is 45.9 Å². The van der Waals surface area contributed by atoms with Crippen molar-refractivity contribution in [2.45, 2.75) is 39.9 Å². The van der Waals surface area contributed by atoms with Crippen LogP contribution in [-0.4, -0.2) is 39.1 Å². The Balaban J connectivity index is 2.24. The lowest BCUT2D eigenvalue weighted by molar-refractivity contribution is -0.150. The molecule has 0 radical (unpaired) electrons. The van der Waals surface area contributed by atoms with Gasteiger partial charge in [-0.1, -0.05) is 0 Å². The van der Waals surface area contributed by atoms with Crippen LogP contribution in [0.25, 0.3) is 11.4 Å². The zero-order valence-corrected chi connectivity index (χ0v) is 15.7. The summed E-state index contributed by atoms with van der Waals surface area (Å²) < 4.78 is 10.2. The van der Waals surface area contributed by atoms with Gasteiger partial charge in [-0.2, -0.15) is 0 Å². The van der Waals surface area contributed by atoms with Gasteiger partial charge in [-0.15, -0.1) is 0 Å². The molecule has 142 valence electrons. The van der Waals surface area contributed by atoms with Gasteiger partial charge in [0.1, 0.15) is 5.82 Å². The standard InChI is InChI=1S/C19H22N4O4/c1-12(2)26-18(24)15(19(25)27-13(3)4)11-22-16-7-10-21-17(23-16)14-5-8-20-9-6-14/h5-13H,1-4H3,(H,21,22,23). The van der Waals surface area contributed by atoms with E-state index in [1.165, 1.54) is 6.20 Å². The number of esters is 2. The number of anilines is 1. The van der Waals surface area contributed by atoms with Crippen molar-refractivity contribution in [2.24, 2.45) is 0 Å². The van der Waals surface area contributed by atoms with Crippen LogP contribution in [0.15, 0.2) is 48.6 Å². The van der Waals surface area contributed by atoms with Crippen LogP contribution in [0.1, 0.15) is 27.7 Å². The number of aromatic nitrogens is 3. The summed E-state index contributed by atoms with van der Waals surface area (Å²) in [6.07, 6.45) is 5.34. The number of nitrogens with one attached hydrogen (secondary N) is 1. The second-order valence-corrected chi connectivity index (χ2v) is 6.11. The van der Waals surface area contributed by atoms with Gasteiger partial charge in [0.25, 0.3) is 0 Å². The van der Waals surface area contributed by atoms with Crippen LogP contribution < -0.4 is 5.32 Å². The van der Waals surface area contributed by atoms with Gasteiger partial charge < -0.3 is 14.8 Å². The first-order valence-corrected chi connectivity index (χ1v) is 8.49. The lowest BCUT2D eigenvalue weighted by Gasteiger charge is -2.13. The molecule has 2 heterocycles. The number of carbonyl (C=O) groups excluding carboxylic acids is 2. The smallest absolute Gasteiger partial charge is 0.347 e. The topological polar surface area (TPSA) is 103 Å². The first kappa shape index (κ1) is 20.0. The maximum Gasteiger partial charge on any atom is 0.347 e. The first-order chi connectivity index (χ1) is 12.9. The Labute approximate surface area is 157 Å². The van der Waals surface area contributed by atoms with Crippen LogP contribution >= 0.6 is 0 Å². The molecule has 0 amide bonds. The molecule has 0 aliphatic rings. The van der Waals surface area contributed by atoms with Crippen molar-refractivity contribution in [2.75, 3.05) is 5.32 Å². The average molecular weight is 370 g/mol. The second kappa shape index (κ2) is 9.42. The van der Waals surface area contributed by atoms with Gasteiger partial charge in [0, 0.05) is 30.4 Å². The van der Waals surface area contributed by atoms with Gasteiger partial charge in [0.2, 0.25) is 0 Å². The number of pyridine rings is 1. The fourth-order valence-electron chi connectivity index (χ4n) is 1.98. The van der Waals surface area contributed by atoms with E-state index < -0.39 is 11.9 Å². The molecule has 0 atom stereocenters. The molecule has 2 aromatic rings. The van der Waals surface area contributed by atoms with Gasteiger partial charge in [-0.3, -0.25) is 4.98 Å². The number of carbonyl (C=O) groups is 2. The molecule has 0 aromatic carbocycles. The van der Waals surface area contributed by atoms with Crippen molar-refractivity contribution in [3.05, 3.63) is 48.6 Å². The molecule has 0 aliphatic carbocycles. The molecule has 0 saturated heterocycles. The van der Waals surface area contributed by atoms with E-state index in [1.807, 2.05) is 0 Å². The van der Waals surface area contributed by atoms with E-state index in [-0.39, 0.29) is 17.8 Å². The Kier molecular flexibility index (Phi) is 6.99. The van der Waals surface area contributed by atoms with E-state index in [2.05, 4.69) is 20.3 Å². The highest BCUT2D eigenvalue weighted by Crippen LogP contribution is 2.15. The van der Waals surface area contributed by atoms with Crippen LogP contribution in [-0.2, 0) is 19.1 Å². The number of hydrogen-bond acceptors (Lipinski definition) is 8. The molecular formula is C19H22N4O4. The summed E-state index contributed by atoms with van der Waals surface area (Å²) in [6.45, 7) is 6.79. The third-order valence-electron chi connectivity index (χ3n) is 3.08. The van der Waals surface area contributed by atoms with Gasteiger partial charge >= 0.3 is 11.9 Å². The maximum atomic E-state index is 12.2. The molecule has 2 aromatic heterocycles. The highest BCUT2D eigenvalue weighted by atomic mass is 16.6. The van der Waals surface area contributed by atoms with E-state index in [0.717, 1.165) is 5.56 Å². The monoisotopic (exact) mass is 370 g/mol. The molecule has 27 heavy (non-hydrogen) atoms. The predicted molar refractivity (Wildman–Crippen MR) is 99.4 cm³/mol. The SMILES string of the molecule is CC(C)OC(=O)C(=CNc1ccnc(-c2ccncc2)n1)C(=O)OC(C)C. The van der Waals surface area contributed by atoms with E-state index in [1.54, 1.807) is 64.5 Å². The van der Waals surface area contributed by atoms with E-state index in [9.17, 15) is 9.59 Å². The van der Waals surface area contributed by atoms with E-state index in [4.69, 9.17) is 9.47 Å². The summed E-state index contributed by atoms with van der Waals surface area (Å²) in [5, 5.41) is 2.83. The number of ether oxygens (including phenoxy) is 2. The highest BCUT2D eigenvalue weighted by Gasteiger charge is 2.23. The molecule has 0 aliphatic heterocycles. The fraction of sp³-hybridized carbons (Fsp3) is 0.316. The van der Waals surface area contributed by atoms with E-state index in [0.29, 0.717) is 11.6 Å². The Morgan fingerprint density at radius 3 is 2.11 bits per heavy atom. The minimum absolute atomic E-state index is 0.249. The summed E-state index contributed by atoms with van der Waals surface area (Å²) in [6, 6.07) is 5.17.